The Hall–Kier alpha value is -1.22. The molecule has 0 aliphatic heterocycles. The zero-order valence-corrected chi connectivity index (χ0v) is 7.02. The summed E-state index contributed by atoms with van der Waals surface area (Å²) < 4.78 is 36.1. The van der Waals surface area contributed by atoms with Crippen LogP contribution in [0.25, 0.3) is 0 Å². The fourth-order valence-electron chi connectivity index (χ4n) is 0.692. The quantitative estimate of drug-likeness (QED) is 0.658. The minimum atomic E-state index is -4.52. The van der Waals surface area contributed by atoms with Crippen LogP contribution < -0.4 is 0 Å². The molecule has 68 valence electrons. The molecule has 1 rings (SSSR count). The molecule has 0 unspecified atom stereocenters. The highest BCUT2D eigenvalue weighted by atomic mass is 32.1. The van der Waals surface area contributed by atoms with E-state index in [1.54, 1.807) is 0 Å². The summed E-state index contributed by atoms with van der Waals surface area (Å²) in [5.41, 5.74) is -1.40. The predicted molar refractivity (Wildman–Crippen MR) is 41.2 cm³/mol. The Morgan fingerprint density at radius 2 is 2.00 bits per heavy atom. The third-order valence-electron chi connectivity index (χ3n) is 1.27. The maximum Gasteiger partial charge on any atom is 0.433 e. The fourth-order valence-corrected chi connectivity index (χ4v) is 0.866. The summed E-state index contributed by atoms with van der Waals surface area (Å²) in [5, 5.41) is 8.38. The summed E-state index contributed by atoms with van der Waals surface area (Å²) in [6.45, 7) is 0. The summed E-state index contributed by atoms with van der Waals surface area (Å²) in [6.07, 6.45) is -4.52. The third kappa shape index (κ3) is 2.12. The highest BCUT2D eigenvalue weighted by molar-refractivity contribution is 7.80. The monoisotopic (exact) mass is 204 g/mol. The van der Waals surface area contributed by atoms with Crippen LogP contribution in [-0.2, 0) is 6.18 Å². The first-order valence-electron chi connectivity index (χ1n) is 3.12. The minimum absolute atomic E-state index is 0.135. The molecule has 1 aromatic rings. The molecular formula is C7H3F3N2S. The number of nitrogens with zero attached hydrogens (tertiary/aromatic N) is 2. The van der Waals surface area contributed by atoms with Crippen molar-refractivity contribution >= 4 is 12.6 Å². The van der Waals surface area contributed by atoms with Crippen LogP contribution in [0.15, 0.2) is 17.0 Å². The molecule has 0 spiro atoms. The van der Waals surface area contributed by atoms with E-state index in [2.05, 4.69) is 17.6 Å². The number of rotatable bonds is 0. The van der Waals surface area contributed by atoms with Crippen LogP contribution in [0.3, 0.4) is 0 Å². The van der Waals surface area contributed by atoms with Crippen molar-refractivity contribution < 1.29 is 13.2 Å². The van der Waals surface area contributed by atoms with Gasteiger partial charge in [0.15, 0.2) is 5.69 Å². The summed E-state index contributed by atoms with van der Waals surface area (Å²) in [6, 6.07) is 3.40. The Morgan fingerprint density at radius 1 is 1.38 bits per heavy atom. The van der Waals surface area contributed by atoms with E-state index >= 15 is 0 Å². The van der Waals surface area contributed by atoms with Gasteiger partial charge in [-0.05, 0) is 12.1 Å². The second-order valence-electron chi connectivity index (χ2n) is 2.17. The number of alkyl halides is 3. The summed E-state index contributed by atoms with van der Waals surface area (Å²) >= 11 is 3.77. The van der Waals surface area contributed by atoms with Gasteiger partial charge in [0.05, 0.1) is 0 Å². The van der Waals surface area contributed by atoms with Crippen LogP contribution in [0.4, 0.5) is 13.2 Å². The lowest BCUT2D eigenvalue weighted by Gasteiger charge is -2.05. The van der Waals surface area contributed by atoms with Gasteiger partial charge in [-0.3, -0.25) is 0 Å². The van der Waals surface area contributed by atoms with Gasteiger partial charge in [-0.25, -0.2) is 4.98 Å². The lowest BCUT2D eigenvalue weighted by molar-refractivity contribution is -0.141. The van der Waals surface area contributed by atoms with E-state index in [0.29, 0.717) is 0 Å². The van der Waals surface area contributed by atoms with Gasteiger partial charge in [0.1, 0.15) is 11.8 Å². The van der Waals surface area contributed by atoms with E-state index in [4.69, 9.17) is 5.26 Å². The average molecular weight is 204 g/mol. The molecule has 0 saturated heterocycles. The lowest BCUT2D eigenvalue weighted by Crippen LogP contribution is -2.08. The smallest absolute Gasteiger partial charge is 0.231 e. The van der Waals surface area contributed by atoms with Gasteiger partial charge in [-0.1, -0.05) is 0 Å². The number of halogens is 3. The van der Waals surface area contributed by atoms with Gasteiger partial charge < -0.3 is 0 Å². The fraction of sp³-hybridized carbons (Fsp3) is 0.143. The van der Waals surface area contributed by atoms with Crippen molar-refractivity contribution in [1.29, 1.82) is 5.26 Å². The molecule has 0 radical (unpaired) electrons. The normalized spacial score (nSPS) is 11.0. The molecule has 2 nitrogen and oxygen atoms in total. The number of aromatic nitrogens is 1. The van der Waals surface area contributed by atoms with E-state index in [-0.39, 0.29) is 10.6 Å². The summed E-state index contributed by atoms with van der Waals surface area (Å²) in [4.78, 5) is 3.23. The standard InChI is InChI=1S/C7H3F3N2S/c8-7(9,10)6-2-1-5(13)4(3-11)12-6/h1-2,13H. The van der Waals surface area contributed by atoms with Gasteiger partial charge in [-0.2, -0.15) is 18.4 Å². The highest BCUT2D eigenvalue weighted by Crippen LogP contribution is 2.28. The van der Waals surface area contributed by atoms with Crippen molar-refractivity contribution in [2.45, 2.75) is 11.1 Å². The van der Waals surface area contributed by atoms with Gasteiger partial charge >= 0.3 is 6.18 Å². The molecule has 0 aliphatic carbocycles. The summed E-state index contributed by atoms with van der Waals surface area (Å²) in [5.74, 6) is 0. The molecule has 0 aliphatic rings. The molecular weight excluding hydrogens is 201 g/mol. The first-order valence-corrected chi connectivity index (χ1v) is 3.57. The molecule has 1 heterocycles. The Bertz CT molecular complexity index is 367. The van der Waals surface area contributed by atoms with E-state index < -0.39 is 11.9 Å². The van der Waals surface area contributed by atoms with Gasteiger partial charge in [0.25, 0.3) is 0 Å². The van der Waals surface area contributed by atoms with Crippen LogP contribution in [0, 0.1) is 11.3 Å². The molecule has 0 aromatic carbocycles. The maximum absolute atomic E-state index is 12.0. The first kappa shape index (κ1) is 9.86. The molecule has 13 heavy (non-hydrogen) atoms. The Labute approximate surface area is 77.4 Å². The van der Waals surface area contributed by atoms with Crippen molar-refractivity contribution in [2.75, 3.05) is 0 Å². The Kier molecular flexibility index (Phi) is 2.48. The molecule has 0 saturated carbocycles. The number of hydrogen-bond acceptors (Lipinski definition) is 3. The van der Waals surface area contributed by atoms with Crippen LogP contribution in [0.1, 0.15) is 11.4 Å². The van der Waals surface area contributed by atoms with Crippen molar-refractivity contribution in [2.24, 2.45) is 0 Å². The van der Waals surface area contributed by atoms with Gasteiger partial charge in [0, 0.05) is 4.90 Å². The second-order valence-corrected chi connectivity index (χ2v) is 2.66. The van der Waals surface area contributed by atoms with Crippen molar-refractivity contribution in [3.05, 3.63) is 23.5 Å². The van der Waals surface area contributed by atoms with Crippen LogP contribution >= 0.6 is 12.6 Å². The molecule has 0 fully saturated rings. The van der Waals surface area contributed by atoms with Crippen molar-refractivity contribution in [3.8, 4) is 6.07 Å². The van der Waals surface area contributed by atoms with E-state index in [1.165, 1.54) is 6.07 Å². The van der Waals surface area contributed by atoms with E-state index in [0.717, 1.165) is 12.1 Å². The van der Waals surface area contributed by atoms with Crippen LogP contribution in [-0.4, -0.2) is 4.98 Å². The molecule has 0 bridgehead atoms. The lowest BCUT2D eigenvalue weighted by atomic mass is 10.3. The van der Waals surface area contributed by atoms with Gasteiger partial charge in [0.2, 0.25) is 0 Å². The minimum Gasteiger partial charge on any atom is -0.231 e. The number of pyridine rings is 1. The van der Waals surface area contributed by atoms with E-state index in [9.17, 15) is 13.2 Å². The second kappa shape index (κ2) is 3.26. The van der Waals surface area contributed by atoms with Crippen molar-refractivity contribution in [3.63, 3.8) is 0 Å². The maximum atomic E-state index is 12.0. The van der Waals surface area contributed by atoms with Crippen molar-refractivity contribution in [1.82, 2.24) is 4.98 Å². The molecule has 0 N–H and O–H groups in total. The third-order valence-corrected chi connectivity index (χ3v) is 1.63. The number of nitriles is 1. The largest absolute Gasteiger partial charge is 0.433 e. The summed E-state index contributed by atoms with van der Waals surface area (Å²) in [7, 11) is 0. The zero-order valence-electron chi connectivity index (χ0n) is 6.13. The first-order chi connectivity index (χ1) is 5.95. The van der Waals surface area contributed by atoms with Crippen LogP contribution in [0.2, 0.25) is 0 Å². The van der Waals surface area contributed by atoms with Crippen LogP contribution in [0.5, 0.6) is 0 Å². The predicted octanol–water partition coefficient (Wildman–Crippen LogP) is 2.26. The average Bonchev–Trinajstić information content (AvgIpc) is 2.03. The Balaban J connectivity index is 3.24. The SMILES string of the molecule is N#Cc1nc(C(F)(F)F)ccc1S. The molecule has 1 aromatic heterocycles. The molecule has 0 atom stereocenters. The molecule has 6 heteroatoms. The van der Waals surface area contributed by atoms with Gasteiger partial charge in [-0.15, -0.1) is 12.6 Å². The number of hydrogen-bond donors (Lipinski definition) is 1. The number of thiol groups is 1. The molecule has 0 amide bonds. The topological polar surface area (TPSA) is 36.7 Å². The Morgan fingerprint density at radius 3 is 2.46 bits per heavy atom. The van der Waals surface area contributed by atoms with E-state index in [1.807, 2.05) is 0 Å². The zero-order chi connectivity index (χ0) is 10.1. The highest BCUT2D eigenvalue weighted by Gasteiger charge is 2.32.